The minimum atomic E-state index is -2.95. The van der Waals surface area contributed by atoms with E-state index >= 15 is 0 Å². The van der Waals surface area contributed by atoms with E-state index in [1.165, 1.54) is 13.8 Å². The van der Waals surface area contributed by atoms with Gasteiger partial charge in [0.2, 0.25) is 0 Å². The van der Waals surface area contributed by atoms with Crippen LogP contribution >= 0.6 is 0 Å². The normalized spacial score (nSPS) is 13.1. The summed E-state index contributed by atoms with van der Waals surface area (Å²) in [7, 11) is -2.95. The molecule has 0 spiro atoms. The predicted molar refractivity (Wildman–Crippen MR) is 37.1 cm³/mol. The van der Waals surface area contributed by atoms with Gasteiger partial charge in [0.25, 0.3) is 0 Å². The summed E-state index contributed by atoms with van der Waals surface area (Å²) in [6.07, 6.45) is 0. The molecule has 0 aliphatic rings. The Hall–Kier alpha value is -1.14. The smallest absolute Gasteiger partial charge is 0.411 e. The van der Waals surface area contributed by atoms with Gasteiger partial charge in [0.1, 0.15) is 5.71 Å². The topological polar surface area (TPSA) is 54.2 Å². The summed E-state index contributed by atoms with van der Waals surface area (Å²) >= 11 is 0. The first-order valence-electron chi connectivity index (χ1n) is 2.75. The minimum Gasteiger partial charge on any atom is -0.411 e. The molecule has 1 N–H and O–H groups in total. The first kappa shape index (κ1) is 9.86. The first-order valence-corrected chi connectivity index (χ1v) is 2.75. The molecule has 0 fully saturated rings. The summed E-state index contributed by atoms with van der Waals surface area (Å²) in [6, 6.07) is 0. The van der Waals surface area contributed by atoms with Crippen LogP contribution in [0.3, 0.4) is 0 Å². The van der Waals surface area contributed by atoms with Gasteiger partial charge in [-0.2, -0.15) is 0 Å². The van der Waals surface area contributed by atoms with Gasteiger partial charge in [-0.3, -0.25) is 0 Å². The van der Waals surface area contributed by atoms with E-state index < -0.39 is 7.47 Å². The molecule has 0 aromatic heterocycles. The quantitative estimate of drug-likeness (QED) is 0.294. The fraction of sp³-hybridized carbons (Fsp3) is 0.500. The van der Waals surface area contributed by atoms with Gasteiger partial charge in [0, 0.05) is 0 Å². The monoisotopic (exact) mass is 164 g/mol. The first-order chi connectivity index (χ1) is 5.07. The van der Waals surface area contributed by atoms with Crippen LogP contribution in [0.25, 0.3) is 0 Å². The van der Waals surface area contributed by atoms with E-state index in [4.69, 9.17) is 5.21 Å². The second-order valence-corrected chi connectivity index (χ2v) is 1.73. The maximum atomic E-state index is 11.3. The molecular weight excluding hydrogens is 157 g/mol. The van der Waals surface area contributed by atoms with Crippen molar-refractivity contribution in [2.45, 2.75) is 13.8 Å². The summed E-state index contributed by atoms with van der Waals surface area (Å²) in [6.45, 7) is 2.80. The lowest BCUT2D eigenvalue weighted by atomic mass is 10.3. The van der Waals surface area contributed by atoms with Crippen LogP contribution in [0.2, 0.25) is 0 Å². The van der Waals surface area contributed by atoms with Crippen LogP contribution in [0.5, 0.6) is 0 Å². The van der Waals surface area contributed by atoms with Crippen LogP contribution in [-0.2, 0) is 4.76 Å². The minimum absolute atomic E-state index is 0.104. The highest BCUT2D eigenvalue weighted by Gasteiger charge is 2.16. The van der Waals surface area contributed by atoms with Crippen LogP contribution in [0.15, 0.2) is 10.3 Å². The standard InChI is InChI=1S/C4H7BF2N2O2/c1-3(8-10)4(2)9-11-5(6)7/h10H,1-2H3/b8-3+,9-4+. The van der Waals surface area contributed by atoms with E-state index in [0.717, 1.165) is 0 Å². The molecule has 0 atom stereocenters. The maximum absolute atomic E-state index is 11.3. The molecule has 0 bridgehead atoms. The van der Waals surface area contributed by atoms with Crippen molar-refractivity contribution in [2.75, 3.05) is 0 Å². The van der Waals surface area contributed by atoms with Crippen LogP contribution < -0.4 is 0 Å². The Kier molecular flexibility index (Phi) is 4.17. The molecule has 0 amide bonds. The zero-order chi connectivity index (χ0) is 8.85. The van der Waals surface area contributed by atoms with E-state index in [-0.39, 0.29) is 11.4 Å². The molecule has 7 heteroatoms. The third-order valence-electron chi connectivity index (χ3n) is 0.943. The second-order valence-electron chi connectivity index (χ2n) is 1.73. The summed E-state index contributed by atoms with van der Waals surface area (Å²) in [5.41, 5.74) is 0.235. The Morgan fingerprint density at radius 2 is 1.91 bits per heavy atom. The highest BCUT2D eigenvalue weighted by molar-refractivity contribution is 6.41. The molecule has 0 unspecified atom stereocenters. The number of hydrogen-bond donors (Lipinski definition) is 1. The van der Waals surface area contributed by atoms with Gasteiger partial charge in [-0.1, -0.05) is 5.16 Å². The van der Waals surface area contributed by atoms with Gasteiger partial charge < -0.3 is 9.96 Å². The maximum Gasteiger partial charge on any atom is 0.818 e. The molecule has 4 nitrogen and oxygen atoms in total. The van der Waals surface area contributed by atoms with Gasteiger partial charge in [-0.25, -0.2) is 8.63 Å². The fourth-order valence-corrected chi connectivity index (χ4v) is 0.257. The number of hydrogen-bond acceptors (Lipinski definition) is 4. The second kappa shape index (κ2) is 4.65. The summed E-state index contributed by atoms with van der Waals surface area (Å²) in [4.78, 5) is 0. The zero-order valence-corrected chi connectivity index (χ0v) is 6.08. The summed E-state index contributed by atoms with van der Waals surface area (Å²) in [5.74, 6) is 0. The number of oxime groups is 2. The Morgan fingerprint density at radius 1 is 1.36 bits per heavy atom. The van der Waals surface area contributed by atoms with Crippen molar-refractivity contribution in [3.8, 4) is 0 Å². The molecule has 0 rings (SSSR count). The molecular formula is C4H7BF2N2O2. The Labute approximate surface area is 62.7 Å². The molecule has 0 heterocycles. The van der Waals surface area contributed by atoms with Crippen molar-refractivity contribution < 1.29 is 18.6 Å². The zero-order valence-electron chi connectivity index (χ0n) is 6.08. The summed E-state index contributed by atoms with van der Waals surface area (Å²) < 4.78 is 26.3. The van der Waals surface area contributed by atoms with Crippen molar-refractivity contribution in [1.82, 2.24) is 0 Å². The lowest BCUT2D eigenvalue weighted by molar-refractivity contribution is 0.271. The van der Waals surface area contributed by atoms with Gasteiger partial charge in [-0.05, 0) is 13.8 Å². The van der Waals surface area contributed by atoms with E-state index in [0.29, 0.717) is 0 Å². The molecule has 0 radical (unpaired) electrons. The molecule has 11 heavy (non-hydrogen) atoms. The van der Waals surface area contributed by atoms with Crippen molar-refractivity contribution in [3.05, 3.63) is 0 Å². The molecule has 0 aliphatic heterocycles. The van der Waals surface area contributed by atoms with E-state index in [1.807, 2.05) is 0 Å². The predicted octanol–water partition coefficient (Wildman–Crippen LogP) is 1.15. The number of rotatable bonds is 3. The number of nitrogens with zero attached hydrogens (tertiary/aromatic N) is 2. The van der Waals surface area contributed by atoms with E-state index in [9.17, 15) is 8.63 Å². The van der Waals surface area contributed by atoms with Gasteiger partial charge >= 0.3 is 7.47 Å². The Morgan fingerprint density at radius 3 is 2.27 bits per heavy atom. The van der Waals surface area contributed by atoms with Crippen LogP contribution in [0.4, 0.5) is 8.63 Å². The third-order valence-corrected chi connectivity index (χ3v) is 0.943. The van der Waals surface area contributed by atoms with Crippen LogP contribution in [0, 0.1) is 0 Å². The average molecular weight is 164 g/mol. The summed E-state index contributed by atoms with van der Waals surface area (Å²) in [5, 5.41) is 13.8. The van der Waals surface area contributed by atoms with Gasteiger partial charge in [0.15, 0.2) is 0 Å². The molecule has 62 valence electrons. The van der Waals surface area contributed by atoms with Crippen LogP contribution in [0.1, 0.15) is 13.8 Å². The van der Waals surface area contributed by atoms with Crippen molar-refractivity contribution in [3.63, 3.8) is 0 Å². The highest BCUT2D eigenvalue weighted by atomic mass is 19.2. The van der Waals surface area contributed by atoms with E-state index in [1.54, 1.807) is 0 Å². The lowest BCUT2D eigenvalue weighted by Gasteiger charge is -1.95. The SMILES string of the molecule is CC(=N\O)/C(C)=N/OB(F)F. The van der Waals surface area contributed by atoms with Crippen molar-refractivity contribution >= 4 is 18.9 Å². The Balaban J connectivity index is 4.01. The van der Waals surface area contributed by atoms with Crippen LogP contribution in [-0.4, -0.2) is 24.1 Å². The Bertz CT molecular complexity index is 183. The average Bonchev–Trinajstić information content (AvgIpc) is 1.98. The third kappa shape index (κ3) is 4.29. The molecule has 0 aromatic rings. The molecule has 0 aliphatic carbocycles. The molecule has 0 saturated carbocycles. The number of halogens is 2. The highest BCUT2D eigenvalue weighted by Crippen LogP contribution is 1.91. The van der Waals surface area contributed by atoms with E-state index in [2.05, 4.69) is 15.1 Å². The fourth-order valence-electron chi connectivity index (χ4n) is 0.257. The van der Waals surface area contributed by atoms with Crippen molar-refractivity contribution in [1.29, 1.82) is 0 Å². The lowest BCUT2D eigenvalue weighted by Crippen LogP contribution is -2.09. The largest absolute Gasteiger partial charge is 0.818 e. The van der Waals surface area contributed by atoms with Gasteiger partial charge in [-0.15, -0.1) is 5.16 Å². The van der Waals surface area contributed by atoms with Crippen molar-refractivity contribution in [2.24, 2.45) is 10.3 Å². The molecule has 0 saturated heterocycles. The van der Waals surface area contributed by atoms with Gasteiger partial charge in [0.05, 0.1) is 5.71 Å². The molecule has 0 aromatic carbocycles.